The molecule has 14 heavy (non-hydrogen) atoms. The lowest BCUT2D eigenvalue weighted by molar-refractivity contribution is 0.125. The molecule has 1 saturated heterocycles. The first-order valence-corrected chi connectivity index (χ1v) is 5.05. The number of hydrogen-bond acceptors (Lipinski definition) is 5. The topological polar surface area (TPSA) is 67.3 Å². The van der Waals surface area contributed by atoms with Crippen molar-refractivity contribution in [2.75, 3.05) is 18.5 Å². The minimum absolute atomic E-state index is 0.0922. The van der Waals surface area contributed by atoms with Gasteiger partial charge in [-0.05, 0) is 15.9 Å². The van der Waals surface area contributed by atoms with Crippen molar-refractivity contribution in [3.63, 3.8) is 0 Å². The van der Waals surface area contributed by atoms with Gasteiger partial charge >= 0.3 is 0 Å². The van der Waals surface area contributed by atoms with Gasteiger partial charge in [0.1, 0.15) is 10.4 Å². The summed E-state index contributed by atoms with van der Waals surface area (Å²) in [4.78, 5) is 8.10. The number of hydrogen-bond donors (Lipinski definition) is 2. The normalized spacial score (nSPS) is 26.4. The number of aromatic nitrogens is 2. The number of nitrogens with one attached hydrogen (secondary N) is 1. The van der Waals surface area contributed by atoms with Gasteiger partial charge in [0, 0.05) is 0 Å². The minimum atomic E-state index is -0.472. The summed E-state index contributed by atoms with van der Waals surface area (Å²) in [6, 6.07) is -0.0922. The third-order valence-electron chi connectivity index (χ3n) is 2.00. The van der Waals surface area contributed by atoms with Crippen LogP contribution in [0.1, 0.15) is 0 Å². The number of aliphatic hydroxyl groups is 1. The van der Waals surface area contributed by atoms with Gasteiger partial charge in [-0.15, -0.1) is 0 Å². The quantitative estimate of drug-likeness (QED) is 0.806. The number of aliphatic hydroxyl groups excluding tert-OH is 1. The molecule has 0 aromatic carbocycles. The van der Waals surface area contributed by atoms with Crippen molar-refractivity contribution >= 4 is 21.7 Å². The van der Waals surface area contributed by atoms with Gasteiger partial charge in [0.15, 0.2) is 0 Å². The maximum Gasteiger partial charge on any atom is 0.144 e. The van der Waals surface area contributed by atoms with E-state index in [-0.39, 0.29) is 6.04 Å². The van der Waals surface area contributed by atoms with Crippen LogP contribution in [0.4, 0.5) is 5.82 Å². The van der Waals surface area contributed by atoms with Crippen molar-refractivity contribution in [3.05, 3.63) is 17.0 Å². The highest BCUT2D eigenvalue weighted by Gasteiger charge is 2.26. The molecule has 1 aliphatic rings. The summed E-state index contributed by atoms with van der Waals surface area (Å²) < 4.78 is 5.78. The first-order valence-electron chi connectivity index (χ1n) is 4.25. The number of rotatable bonds is 2. The van der Waals surface area contributed by atoms with Crippen LogP contribution in [0.2, 0.25) is 0 Å². The second kappa shape index (κ2) is 4.20. The van der Waals surface area contributed by atoms with E-state index in [1.54, 1.807) is 12.4 Å². The second-order valence-electron chi connectivity index (χ2n) is 3.08. The van der Waals surface area contributed by atoms with E-state index >= 15 is 0 Å². The van der Waals surface area contributed by atoms with Crippen LogP contribution in [-0.2, 0) is 4.74 Å². The van der Waals surface area contributed by atoms with Crippen LogP contribution < -0.4 is 5.32 Å². The third kappa shape index (κ3) is 2.20. The fourth-order valence-corrected chi connectivity index (χ4v) is 1.46. The zero-order chi connectivity index (χ0) is 9.97. The van der Waals surface area contributed by atoms with Gasteiger partial charge in [-0.25, -0.2) is 9.97 Å². The molecule has 2 rings (SSSR count). The molecule has 0 amide bonds. The molecule has 1 fully saturated rings. The summed E-state index contributed by atoms with van der Waals surface area (Å²) in [5, 5.41) is 12.5. The van der Waals surface area contributed by atoms with Gasteiger partial charge in [0.25, 0.3) is 0 Å². The maximum absolute atomic E-state index is 9.46. The Hall–Kier alpha value is -0.720. The fourth-order valence-electron chi connectivity index (χ4n) is 1.26. The van der Waals surface area contributed by atoms with Crippen LogP contribution >= 0.6 is 15.9 Å². The van der Waals surface area contributed by atoms with Crippen LogP contribution in [0.15, 0.2) is 17.0 Å². The van der Waals surface area contributed by atoms with E-state index in [4.69, 9.17) is 4.74 Å². The van der Waals surface area contributed by atoms with Gasteiger partial charge in [-0.2, -0.15) is 0 Å². The van der Waals surface area contributed by atoms with Crippen LogP contribution in [0.25, 0.3) is 0 Å². The minimum Gasteiger partial charge on any atom is -0.388 e. The number of anilines is 1. The molecule has 1 aromatic heterocycles. The largest absolute Gasteiger partial charge is 0.388 e. The van der Waals surface area contributed by atoms with Gasteiger partial charge in [-0.1, -0.05) is 0 Å². The van der Waals surface area contributed by atoms with Crippen LogP contribution in [0, 0.1) is 0 Å². The average molecular weight is 260 g/mol. The van der Waals surface area contributed by atoms with Gasteiger partial charge in [-0.3, -0.25) is 0 Å². The molecule has 0 aliphatic carbocycles. The highest BCUT2D eigenvalue weighted by Crippen LogP contribution is 2.12. The summed E-state index contributed by atoms with van der Waals surface area (Å²) in [6.45, 7) is 0.876. The molecule has 1 aromatic rings. The van der Waals surface area contributed by atoms with E-state index in [2.05, 4.69) is 31.2 Å². The van der Waals surface area contributed by atoms with Crippen molar-refractivity contribution in [3.8, 4) is 0 Å². The molecule has 2 N–H and O–H groups in total. The molecule has 0 saturated carbocycles. The Balaban J connectivity index is 2.00. The molecule has 2 atom stereocenters. The highest BCUT2D eigenvalue weighted by molar-refractivity contribution is 9.10. The van der Waals surface area contributed by atoms with Crippen LogP contribution in [0.5, 0.6) is 0 Å². The Kier molecular flexibility index (Phi) is 2.95. The molecule has 76 valence electrons. The molecular weight excluding hydrogens is 250 g/mol. The van der Waals surface area contributed by atoms with Crippen molar-refractivity contribution in [1.82, 2.24) is 9.97 Å². The molecule has 2 unspecified atom stereocenters. The average Bonchev–Trinajstić information content (AvgIpc) is 2.56. The highest BCUT2D eigenvalue weighted by atomic mass is 79.9. The lowest BCUT2D eigenvalue weighted by Crippen LogP contribution is -2.32. The van der Waals surface area contributed by atoms with Crippen molar-refractivity contribution in [2.24, 2.45) is 0 Å². The van der Waals surface area contributed by atoms with Gasteiger partial charge in [0.05, 0.1) is 37.8 Å². The fraction of sp³-hybridized carbons (Fsp3) is 0.500. The van der Waals surface area contributed by atoms with E-state index in [1.165, 1.54) is 0 Å². The van der Waals surface area contributed by atoms with Crippen molar-refractivity contribution in [2.45, 2.75) is 12.1 Å². The molecule has 5 nitrogen and oxygen atoms in total. The molecule has 0 spiro atoms. The number of halogens is 1. The Labute approximate surface area is 89.6 Å². The maximum atomic E-state index is 9.46. The van der Waals surface area contributed by atoms with Crippen LogP contribution in [0.3, 0.4) is 0 Å². The lowest BCUT2D eigenvalue weighted by atomic mass is 10.2. The first kappa shape index (κ1) is 9.82. The summed E-state index contributed by atoms with van der Waals surface area (Å²) in [5.74, 6) is 0.641. The van der Waals surface area contributed by atoms with E-state index in [9.17, 15) is 5.11 Å². The molecule has 0 radical (unpaired) electrons. The predicted molar refractivity (Wildman–Crippen MR) is 54.0 cm³/mol. The standard InChI is InChI=1S/C8H10BrN3O2/c9-7-1-11-8(2-10-7)12-5-3-14-4-6(5)13/h1-2,5-6,13H,3-4H2,(H,11,12). The summed E-state index contributed by atoms with van der Waals surface area (Å²) in [5.41, 5.74) is 0. The summed E-state index contributed by atoms with van der Waals surface area (Å²) in [7, 11) is 0. The molecule has 6 heteroatoms. The molecular formula is C8H10BrN3O2. The molecule has 0 bridgehead atoms. The predicted octanol–water partition coefficient (Wildman–Crippen LogP) is 0.411. The summed E-state index contributed by atoms with van der Waals surface area (Å²) in [6.07, 6.45) is 2.74. The monoisotopic (exact) mass is 259 g/mol. The number of nitrogens with zero attached hydrogens (tertiary/aromatic N) is 2. The molecule has 2 heterocycles. The van der Waals surface area contributed by atoms with Crippen LogP contribution in [-0.4, -0.2) is 40.4 Å². The van der Waals surface area contributed by atoms with E-state index in [0.29, 0.717) is 23.6 Å². The first-order chi connectivity index (χ1) is 6.75. The van der Waals surface area contributed by atoms with E-state index < -0.39 is 6.10 Å². The Morgan fingerprint density at radius 2 is 2.29 bits per heavy atom. The Morgan fingerprint density at radius 1 is 1.43 bits per heavy atom. The Bertz CT molecular complexity index is 306. The Morgan fingerprint density at radius 3 is 2.86 bits per heavy atom. The van der Waals surface area contributed by atoms with E-state index in [1.807, 2.05) is 0 Å². The van der Waals surface area contributed by atoms with Gasteiger partial charge in [0.2, 0.25) is 0 Å². The second-order valence-corrected chi connectivity index (χ2v) is 3.89. The van der Waals surface area contributed by atoms with Crippen molar-refractivity contribution < 1.29 is 9.84 Å². The third-order valence-corrected chi connectivity index (χ3v) is 2.41. The SMILES string of the molecule is OC1COCC1Nc1cnc(Br)cn1. The summed E-state index contributed by atoms with van der Waals surface area (Å²) >= 11 is 3.19. The van der Waals surface area contributed by atoms with Gasteiger partial charge < -0.3 is 15.2 Å². The smallest absolute Gasteiger partial charge is 0.144 e. The zero-order valence-electron chi connectivity index (χ0n) is 7.35. The van der Waals surface area contributed by atoms with E-state index in [0.717, 1.165) is 0 Å². The van der Waals surface area contributed by atoms with Crippen molar-refractivity contribution in [1.29, 1.82) is 0 Å². The lowest BCUT2D eigenvalue weighted by Gasteiger charge is -2.14. The molecule has 1 aliphatic heterocycles. The number of ether oxygens (including phenoxy) is 1. The zero-order valence-corrected chi connectivity index (χ0v) is 8.94.